The van der Waals surface area contributed by atoms with Gasteiger partial charge in [-0.05, 0) is 41.1 Å². The number of dihydropyridines is 1. The minimum absolute atomic E-state index is 0.0154. The minimum Gasteiger partial charge on any atom is -0.319 e. The van der Waals surface area contributed by atoms with E-state index in [0.29, 0.717) is 11.3 Å². The van der Waals surface area contributed by atoms with Gasteiger partial charge in [-0.3, -0.25) is 19.6 Å². The van der Waals surface area contributed by atoms with Crippen LogP contribution in [-0.2, 0) is 4.79 Å². The second-order valence-electron chi connectivity index (χ2n) is 5.93. The molecule has 0 unspecified atom stereocenters. The molecule has 0 bridgehead atoms. The Labute approximate surface area is 150 Å². The molecule has 1 aliphatic heterocycles. The van der Waals surface area contributed by atoms with E-state index in [-0.39, 0.29) is 23.9 Å². The lowest BCUT2D eigenvalue weighted by Gasteiger charge is -2.14. The molecule has 1 N–H and O–H groups in total. The van der Waals surface area contributed by atoms with Gasteiger partial charge >= 0.3 is 0 Å². The molecule has 0 radical (unpaired) electrons. The van der Waals surface area contributed by atoms with Crippen molar-refractivity contribution in [1.82, 2.24) is 10.3 Å². The van der Waals surface area contributed by atoms with Crippen LogP contribution in [0, 0.1) is 0 Å². The molecule has 2 aromatic carbocycles. The van der Waals surface area contributed by atoms with Gasteiger partial charge in [0.1, 0.15) is 6.54 Å². The van der Waals surface area contributed by atoms with Gasteiger partial charge in [0.15, 0.2) is 0 Å². The monoisotopic (exact) mass is 341 g/mol. The van der Waals surface area contributed by atoms with Crippen LogP contribution in [0.15, 0.2) is 83.8 Å². The fourth-order valence-electron chi connectivity index (χ4n) is 2.83. The average molecular weight is 341 g/mol. The molecule has 0 spiro atoms. The van der Waals surface area contributed by atoms with Crippen molar-refractivity contribution < 1.29 is 9.59 Å². The fourth-order valence-corrected chi connectivity index (χ4v) is 2.83. The molecule has 126 valence electrons. The predicted molar refractivity (Wildman–Crippen MR) is 100 cm³/mol. The van der Waals surface area contributed by atoms with Gasteiger partial charge in [-0.25, -0.2) is 0 Å². The smallest absolute Gasteiger partial charge is 0.255 e. The summed E-state index contributed by atoms with van der Waals surface area (Å²) in [6.07, 6.45) is 4.94. The van der Waals surface area contributed by atoms with Crippen LogP contribution < -0.4 is 5.32 Å². The fraction of sp³-hybridized carbons (Fsp3) is 0.0476. The molecule has 0 saturated carbocycles. The van der Waals surface area contributed by atoms with E-state index in [9.17, 15) is 9.59 Å². The summed E-state index contributed by atoms with van der Waals surface area (Å²) in [6, 6.07) is 16.9. The van der Waals surface area contributed by atoms with E-state index in [4.69, 9.17) is 0 Å². The number of allylic oxidation sites excluding steroid dienone is 1. The van der Waals surface area contributed by atoms with E-state index in [2.05, 4.69) is 15.3 Å². The second-order valence-corrected chi connectivity index (χ2v) is 5.93. The Morgan fingerprint density at radius 3 is 2.54 bits per heavy atom. The third-order valence-electron chi connectivity index (χ3n) is 4.21. The average Bonchev–Trinajstić information content (AvgIpc) is 2.70. The maximum absolute atomic E-state index is 12.6. The number of aromatic nitrogens is 1. The molecule has 3 aromatic rings. The van der Waals surface area contributed by atoms with E-state index in [1.807, 2.05) is 48.5 Å². The van der Waals surface area contributed by atoms with Crippen molar-refractivity contribution in [3.8, 4) is 0 Å². The molecular weight excluding hydrogens is 326 g/mol. The first-order valence-corrected chi connectivity index (χ1v) is 8.20. The van der Waals surface area contributed by atoms with E-state index < -0.39 is 0 Å². The number of Topliss-reactive ketones (excluding diaryl/α,β-unsaturated/α-hetero) is 1. The number of amides is 1. The van der Waals surface area contributed by atoms with E-state index in [0.717, 1.165) is 16.3 Å². The summed E-state index contributed by atoms with van der Waals surface area (Å²) >= 11 is 0. The first-order valence-electron chi connectivity index (χ1n) is 8.20. The Morgan fingerprint density at radius 2 is 1.73 bits per heavy atom. The molecule has 1 aromatic heterocycles. The molecule has 26 heavy (non-hydrogen) atoms. The highest BCUT2D eigenvalue weighted by atomic mass is 16.2. The molecule has 0 fully saturated rings. The minimum atomic E-state index is -0.314. The zero-order valence-corrected chi connectivity index (χ0v) is 13.8. The van der Waals surface area contributed by atoms with Gasteiger partial charge in [0.2, 0.25) is 5.78 Å². The molecule has 0 atom stereocenters. The van der Waals surface area contributed by atoms with Gasteiger partial charge < -0.3 is 5.32 Å². The van der Waals surface area contributed by atoms with Crippen LogP contribution in [0.3, 0.4) is 0 Å². The highest BCUT2D eigenvalue weighted by molar-refractivity contribution is 6.18. The summed E-state index contributed by atoms with van der Waals surface area (Å²) in [5.74, 6) is -0.525. The summed E-state index contributed by atoms with van der Waals surface area (Å²) < 4.78 is 0. The van der Waals surface area contributed by atoms with Crippen molar-refractivity contribution >= 4 is 28.2 Å². The van der Waals surface area contributed by atoms with E-state index in [1.165, 1.54) is 0 Å². The number of nitrogens with zero attached hydrogens (tertiary/aromatic N) is 2. The normalized spacial score (nSPS) is 13.9. The van der Waals surface area contributed by atoms with Crippen molar-refractivity contribution in [2.24, 2.45) is 4.99 Å². The topological polar surface area (TPSA) is 71.4 Å². The van der Waals surface area contributed by atoms with Crippen LogP contribution in [0.5, 0.6) is 0 Å². The van der Waals surface area contributed by atoms with Crippen molar-refractivity contribution in [2.45, 2.75) is 0 Å². The molecule has 4 rings (SSSR count). The van der Waals surface area contributed by atoms with E-state index in [1.54, 1.807) is 24.5 Å². The molecule has 5 heteroatoms. The number of fused-ring (bicyclic) bond motifs is 1. The Hall–Kier alpha value is -3.60. The van der Waals surface area contributed by atoms with Crippen LogP contribution in [0.25, 0.3) is 10.8 Å². The SMILES string of the molecule is O=C1CN=C(c2ccncc2)C=C1NC(=O)c1ccc2ccccc2c1. The summed E-state index contributed by atoms with van der Waals surface area (Å²) in [6.45, 7) is 0.0154. The third kappa shape index (κ3) is 3.15. The van der Waals surface area contributed by atoms with Crippen molar-refractivity contribution in [2.75, 3.05) is 6.54 Å². The molecule has 0 saturated heterocycles. The molecule has 2 heterocycles. The first kappa shape index (κ1) is 15.9. The van der Waals surface area contributed by atoms with Gasteiger partial charge in [0.05, 0.1) is 11.4 Å². The number of nitrogens with one attached hydrogen (secondary N) is 1. The molecule has 0 aliphatic carbocycles. The molecular formula is C21H15N3O2. The number of ketones is 1. The van der Waals surface area contributed by atoms with E-state index >= 15 is 0 Å². The van der Waals surface area contributed by atoms with Crippen molar-refractivity contribution in [3.05, 3.63) is 89.9 Å². The van der Waals surface area contributed by atoms with Crippen LogP contribution in [0.1, 0.15) is 15.9 Å². The molecule has 5 nitrogen and oxygen atoms in total. The standard InChI is InChI=1S/C21H15N3O2/c25-20-13-23-18(15-7-9-22-10-8-15)12-19(20)24-21(26)17-6-5-14-3-1-2-4-16(14)11-17/h1-12H,13H2,(H,24,26). The summed E-state index contributed by atoms with van der Waals surface area (Å²) in [4.78, 5) is 33.0. The predicted octanol–water partition coefficient (Wildman–Crippen LogP) is 2.92. The van der Waals surface area contributed by atoms with Gasteiger partial charge in [0, 0.05) is 23.5 Å². The first-order chi connectivity index (χ1) is 12.7. The van der Waals surface area contributed by atoms with Crippen LogP contribution in [-0.4, -0.2) is 28.9 Å². The highest BCUT2D eigenvalue weighted by Gasteiger charge is 2.19. The number of carbonyl (C=O) groups is 2. The van der Waals surface area contributed by atoms with Crippen molar-refractivity contribution in [1.29, 1.82) is 0 Å². The third-order valence-corrected chi connectivity index (χ3v) is 4.21. The highest BCUT2D eigenvalue weighted by Crippen LogP contribution is 2.16. The van der Waals surface area contributed by atoms with Gasteiger partial charge in [-0.2, -0.15) is 0 Å². The van der Waals surface area contributed by atoms with Crippen LogP contribution in [0.4, 0.5) is 0 Å². The van der Waals surface area contributed by atoms with Gasteiger partial charge in [-0.15, -0.1) is 0 Å². The Bertz CT molecular complexity index is 1070. The number of aliphatic imine (C=N–C) groups is 1. The summed E-state index contributed by atoms with van der Waals surface area (Å²) in [5, 5.41) is 4.76. The number of carbonyl (C=O) groups excluding carboxylic acids is 2. The van der Waals surface area contributed by atoms with Crippen LogP contribution in [0.2, 0.25) is 0 Å². The zero-order chi connectivity index (χ0) is 17.9. The number of rotatable bonds is 3. The lowest BCUT2D eigenvalue weighted by Crippen LogP contribution is -2.31. The molecule has 1 aliphatic rings. The van der Waals surface area contributed by atoms with Gasteiger partial charge in [-0.1, -0.05) is 30.3 Å². The zero-order valence-electron chi connectivity index (χ0n) is 13.8. The summed E-state index contributed by atoms with van der Waals surface area (Å²) in [5.41, 5.74) is 2.26. The number of benzene rings is 2. The maximum Gasteiger partial charge on any atom is 0.255 e. The number of pyridine rings is 1. The Balaban J connectivity index is 1.60. The molecule has 1 amide bonds. The largest absolute Gasteiger partial charge is 0.319 e. The Kier molecular flexibility index (Phi) is 4.11. The summed E-state index contributed by atoms with van der Waals surface area (Å²) in [7, 11) is 0. The number of hydrogen-bond acceptors (Lipinski definition) is 4. The lowest BCUT2D eigenvalue weighted by atomic mass is 10.0. The number of hydrogen-bond donors (Lipinski definition) is 1. The Morgan fingerprint density at radius 1 is 0.962 bits per heavy atom. The second kappa shape index (κ2) is 6.72. The van der Waals surface area contributed by atoms with Crippen molar-refractivity contribution in [3.63, 3.8) is 0 Å². The maximum atomic E-state index is 12.6. The van der Waals surface area contributed by atoms with Gasteiger partial charge in [0.25, 0.3) is 5.91 Å². The van der Waals surface area contributed by atoms with Crippen LogP contribution >= 0.6 is 0 Å². The quantitative estimate of drug-likeness (QED) is 0.796. The lowest BCUT2D eigenvalue weighted by molar-refractivity contribution is -0.114.